The Morgan fingerprint density at radius 2 is 1.56 bits per heavy atom. The van der Waals surface area contributed by atoms with E-state index in [1.54, 1.807) is 13.8 Å². The molecule has 0 fully saturated rings. The number of hydrogen-bond acceptors (Lipinski definition) is 8. The minimum absolute atomic E-state index is 0. The fourth-order valence-corrected chi connectivity index (χ4v) is 1.68. The summed E-state index contributed by atoms with van der Waals surface area (Å²) in [6.45, 7) is 6.85. The summed E-state index contributed by atoms with van der Waals surface area (Å²) < 4.78 is 11.6. The Morgan fingerprint density at radius 3 is 1.59 bits per heavy atom. The molecule has 0 aromatic carbocycles. The molecule has 0 aliphatic rings. The maximum atomic E-state index is 10.5. The Kier molecular flexibility index (Phi) is 25.5. The van der Waals surface area contributed by atoms with E-state index in [0.29, 0.717) is 19.3 Å². The third kappa shape index (κ3) is 16.2. The Balaban J connectivity index is -0.0000000983. The first-order chi connectivity index (χ1) is 12.1. The van der Waals surface area contributed by atoms with Crippen molar-refractivity contribution >= 4 is 20.2 Å². The first-order valence-corrected chi connectivity index (χ1v) is 8.72. The van der Waals surface area contributed by atoms with E-state index in [1.807, 2.05) is 0 Å². The van der Waals surface area contributed by atoms with Crippen molar-refractivity contribution in [2.45, 2.75) is 33.1 Å². The number of aliphatic hydroxyl groups is 2. The van der Waals surface area contributed by atoms with Gasteiger partial charge < -0.3 is 38.0 Å². The third-order valence-corrected chi connectivity index (χ3v) is 3.83. The Bertz CT molecular complexity index is 380. The third-order valence-electron chi connectivity index (χ3n) is 3.70. The molecule has 0 saturated heterocycles. The molecule has 0 aromatic heterocycles. The van der Waals surface area contributed by atoms with E-state index in [0.717, 1.165) is 0 Å². The molecule has 13 heteroatoms. The fraction of sp³-hybridized carbons (Fsp3) is 0.786. The Morgan fingerprint density at radius 1 is 1.22 bits per heavy atom. The van der Waals surface area contributed by atoms with Crippen LogP contribution in [0, 0.1) is 24.2 Å². The monoisotopic (exact) mass is 598 g/mol. The van der Waals surface area contributed by atoms with E-state index in [4.69, 9.17) is 40.9 Å². The summed E-state index contributed by atoms with van der Waals surface area (Å²) in [6, 6.07) is 0. The van der Waals surface area contributed by atoms with Crippen LogP contribution in [-0.4, -0.2) is 57.4 Å². The summed E-state index contributed by atoms with van der Waals surface area (Å²) in [7, 11) is -3.04. The summed E-state index contributed by atoms with van der Waals surface area (Å²) in [5.41, 5.74) is 6.28. The molecule has 0 aliphatic carbocycles. The van der Waals surface area contributed by atoms with Gasteiger partial charge in [-0.2, -0.15) is 6.42 Å². The number of rotatable bonds is 10. The van der Waals surface area contributed by atoms with Crippen LogP contribution in [0.2, 0.25) is 0 Å². The van der Waals surface area contributed by atoms with E-state index in [1.165, 1.54) is 0 Å². The molecule has 0 radical (unpaired) electrons. The predicted octanol–water partition coefficient (Wildman–Crippen LogP) is 1.18. The zero-order chi connectivity index (χ0) is 21.3. The SMILES string of the molecule is CCC(CC)C(C(=O)O)C(=O)O.O=[P+]([O-])OO.[CH2-]CC(C[NH-])(CO)CO.[HH].[Pt+2]. The maximum Gasteiger partial charge on any atom is 2.00 e. The average Bonchev–Trinajstić information content (AvgIpc) is 2.62. The number of carboxylic acid groups (broad SMARTS) is 2. The summed E-state index contributed by atoms with van der Waals surface area (Å²) in [4.78, 5) is 30.0. The predicted molar refractivity (Wildman–Crippen MR) is 92.0 cm³/mol. The smallest absolute Gasteiger partial charge is 0.677 e. The largest absolute Gasteiger partial charge is 2.00 e. The number of hydrogen-bond donors (Lipinski definition) is 5. The van der Waals surface area contributed by atoms with E-state index in [9.17, 15) is 9.59 Å². The van der Waals surface area contributed by atoms with Crippen LogP contribution in [0.15, 0.2) is 0 Å². The van der Waals surface area contributed by atoms with Gasteiger partial charge in [-0.25, -0.2) is 5.26 Å². The van der Waals surface area contributed by atoms with E-state index < -0.39 is 31.5 Å². The zero-order valence-corrected chi connectivity index (χ0v) is 18.3. The van der Waals surface area contributed by atoms with Crippen LogP contribution < -0.4 is 4.89 Å². The van der Waals surface area contributed by atoms with Gasteiger partial charge in [-0.3, -0.25) is 9.59 Å². The van der Waals surface area contributed by atoms with Crippen LogP contribution in [0.4, 0.5) is 0 Å². The van der Waals surface area contributed by atoms with Crippen molar-refractivity contribution in [1.82, 2.24) is 0 Å². The molecular weight excluding hydrogens is 568 g/mol. The van der Waals surface area contributed by atoms with Gasteiger partial charge in [-0.1, -0.05) is 26.7 Å². The van der Waals surface area contributed by atoms with Crippen LogP contribution >= 0.6 is 8.25 Å². The average molecular weight is 598 g/mol. The van der Waals surface area contributed by atoms with Gasteiger partial charge in [0.1, 0.15) is 0 Å². The second-order valence-electron chi connectivity index (χ2n) is 5.28. The van der Waals surface area contributed by atoms with Crippen LogP contribution in [0.25, 0.3) is 5.73 Å². The van der Waals surface area contributed by atoms with Crippen molar-refractivity contribution in [2.24, 2.45) is 17.3 Å². The normalized spacial score (nSPS) is 10.8. The molecule has 0 rings (SSSR count). The molecule has 0 heterocycles. The quantitative estimate of drug-likeness (QED) is 0.0797. The minimum Gasteiger partial charge on any atom is -0.677 e. The molecule has 27 heavy (non-hydrogen) atoms. The number of aliphatic hydroxyl groups excluding tert-OH is 2. The summed E-state index contributed by atoms with van der Waals surface area (Å²) in [6.07, 6.45) is 1.57. The molecule has 166 valence electrons. The molecule has 0 saturated carbocycles. The van der Waals surface area contributed by atoms with Gasteiger partial charge in [-0.15, -0.1) is 6.54 Å². The molecule has 11 nitrogen and oxygen atoms in total. The van der Waals surface area contributed by atoms with Gasteiger partial charge >= 0.3 is 41.3 Å². The van der Waals surface area contributed by atoms with E-state index >= 15 is 0 Å². The van der Waals surface area contributed by atoms with Crippen molar-refractivity contribution in [1.29, 1.82) is 0 Å². The molecule has 0 spiro atoms. The molecular formula is C14H30NO10PPt. The standard InChI is InChI=1S/C8H14O4.C6H13NO2.HO4P.Pt.H2/c1-3-5(4-2)6(7(9)10)8(11)12;1-2-6(3-7,4-8)5-9;1-4-5(2)3;;/h5-6H,3-4H2,1-2H3,(H,9,10)(H,11,12);7-9H,1-5H2;1H;;1H/q;-2;;+2;. The van der Waals surface area contributed by atoms with Gasteiger partial charge in [0, 0.05) is 19.3 Å². The summed E-state index contributed by atoms with van der Waals surface area (Å²) >= 11 is 0. The number of nitrogens with one attached hydrogen (secondary N) is 1. The molecule has 1 atom stereocenters. The van der Waals surface area contributed by atoms with E-state index in [2.05, 4.69) is 11.6 Å². The van der Waals surface area contributed by atoms with Crippen molar-refractivity contribution in [2.75, 3.05) is 19.8 Å². The van der Waals surface area contributed by atoms with Crippen LogP contribution in [-0.2, 0) is 39.9 Å². The van der Waals surface area contributed by atoms with Crippen LogP contribution in [0.5, 0.6) is 0 Å². The van der Waals surface area contributed by atoms with Crippen molar-refractivity contribution < 1.29 is 71.9 Å². The first-order valence-electron chi connectivity index (χ1n) is 7.63. The summed E-state index contributed by atoms with van der Waals surface area (Å²) in [5, 5.41) is 41.6. The topological polar surface area (TPSA) is 208 Å². The number of carboxylic acids is 2. The minimum atomic E-state index is -3.04. The van der Waals surface area contributed by atoms with Gasteiger partial charge in [0.25, 0.3) is 0 Å². The molecule has 0 bridgehead atoms. The van der Waals surface area contributed by atoms with E-state index in [-0.39, 0.29) is 48.2 Å². The molecule has 0 aliphatic heterocycles. The molecule has 0 aromatic rings. The van der Waals surface area contributed by atoms with Gasteiger partial charge in [0.2, 0.25) is 0 Å². The summed E-state index contributed by atoms with van der Waals surface area (Å²) in [5.74, 6) is -3.99. The molecule has 6 N–H and O–H groups in total. The molecule has 1 unspecified atom stereocenters. The van der Waals surface area contributed by atoms with Crippen molar-refractivity contribution in [3.05, 3.63) is 12.7 Å². The fourth-order valence-electron chi connectivity index (χ4n) is 1.68. The maximum absolute atomic E-state index is 10.5. The molecule has 0 amide bonds. The second kappa shape index (κ2) is 20.2. The Hall–Kier alpha value is -0.512. The number of carbonyl (C=O) groups is 2. The van der Waals surface area contributed by atoms with Crippen molar-refractivity contribution in [3.8, 4) is 0 Å². The second-order valence-corrected chi connectivity index (χ2v) is 5.89. The van der Waals surface area contributed by atoms with Crippen LogP contribution in [0.1, 0.15) is 34.5 Å². The number of aliphatic carboxylic acids is 2. The zero-order valence-electron chi connectivity index (χ0n) is 15.1. The van der Waals surface area contributed by atoms with Gasteiger partial charge in [-0.05, 0) is 15.9 Å². The first kappa shape index (κ1) is 34.0. The van der Waals surface area contributed by atoms with Crippen molar-refractivity contribution in [3.63, 3.8) is 0 Å². The Labute approximate surface area is 175 Å². The van der Waals surface area contributed by atoms with Gasteiger partial charge in [0.05, 0.1) is 0 Å². The van der Waals surface area contributed by atoms with Gasteiger partial charge in [0.15, 0.2) is 5.92 Å². The van der Waals surface area contributed by atoms with Crippen LogP contribution in [0.3, 0.4) is 0 Å².